The average molecular weight is 361 g/mol. The van der Waals surface area contributed by atoms with Crippen LogP contribution >= 0.6 is 0 Å². The molecule has 1 aromatic heterocycles. The van der Waals surface area contributed by atoms with Gasteiger partial charge in [0.1, 0.15) is 17.3 Å². The highest BCUT2D eigenvalue weighted by Crippen LogP contribution is 2.25. The second kappa shape index (κ2) is 7.72. The first-order valence-electron chi connectivity index (χ1n) is 9.27. The van der Waals surface area contributed by atoms with Crippen molar-refractivity contribution in [3.63, 3.8) is 0 Å². The maximum absolute atomic E-state index is 7.89. The van der Waals surface area contributed by atoms with Crippen LogP contribution in [0.25, 0.3) is 11.0 Å². The van der Waals surface area contributed by atoms with E-state index in [1.807, 2.05) is 42.5 Å². The highest BCUT2D eigenvalue weighted by atomic mass is 16.5. The number of rotatable bonds is 7. The fourth-order valence-electron chi connectivity index (χ4n) is 3.41. The number of ether oxygens (including phenoxy) is 1. The topological polar surface area (TPSA) is 88.8 Å². The molecular formula is C21H23N5O. The highest BCUT2D eigenvalue weighted by molar-refractivity contribution is 6.04. The van der Waals surface area contributed by atoms with Gasteiger partial charge in [-0.05, 0) is 67.9 Å². The molecule has 1 fully saturated rings. The van der Waals surface area contributed by atoms with Crippen molar-refractivity contribution in [3.8, 4) is 11.5 Å². The first kappa shape index (κ1) is 17.4. The van der Waals surface area contributed by atoms with Crippen molar-refractivity contribution in [2.75, 3.05) is 13.1 Å². The Kier molecular flexibility index (Phi) is 4.98. The van der Waals surface area contributed by atoms with Crippen LogP contribution in [0.15, 0.2) is 42.5 Å². The van der Waals surface area contributed by atoms with Gasteiger partial charge in [0, 0.05) is 24.4 Å². The van der Waals surface area contributed by atoms with Crippen molar-refractivity contribution < 1.29 is 4.74 Å². The van der Waals surface area contributed by atoms with Crippen molar-refractivity contribution >= 4 is 23.0 Å². The molecule has 138 valence electrons. The third kappa shape index (κ3) is 4.06. The monoisotopic (exact) mass is 361 g/mol. The number of H-pyrrole nitrogens is 1. The smallest absolute Gasteiger partial charge is 0.129 e. The molecule has 0 aliphatic carbocycles. The minimum Gasteiger partial charge on any atom is -0.457 e. The zero-order valence-electron chi connectivity index (χ0n) is 15.2. The van der Waals surface area contributed by atoms with Gasteiger partial charge in [0.15, 0.2) is 0 Å². The van der Waals surface area contributed by atoms with E-state index in [1.165, 1.54) is 19.1 Å². The molecule has 1 aliphatic heterocycles. The molecule has 3 N–H and O–H groups in total. The first-order valence-corrected chi connectivity index (χ1v) is 9.27. The highest BCUT2D eigenvalue weighted by Gasteiger charge is 2.14. The van der Waals surface area contributed by atoms with E-state index in [0.29, 0.717) is 12.1 Å². The summed E-state index contributed by atoms with van der Waals surface area (Å²) in [6.45, 7) is 3.17. The van der Waals surface area contributed by atoms with Gasteiger partial charge in [-0.1, -0.05) is 0 Å². The van der Waals surface area contributed by atoms with E-state index in [0.717, 1.165) is 53.6 Å². The van der Waals surface area contributed by atoms with Crippen molar-refractivity contribution in [1.82, 2.24) is 14.9 Å². The molecule has 27 heavy (non-hydrogen) atoms. The number of hydrogen-bond acceptors (Lipinski definition) is 5. The lowest BCUT2D eigenvalue weighted by atomic mass is 10.1. The quantitative estimate of drug-likeness (QED) is 0.546. The van der Waals surface area contributed by atoms with Gasteiger partial charge in [0.05, 0.1) is 17.6 Å². The number of likely N-dealkylation sites (tertiary alicyclic amines) is 1. The Bertz CT molecular complexity index is 954. The molecule has 0 amide bonds. The summed E-state index contributed by atoms with van der Waals surface area (Å²) in [5, 5.41) is 15.0. The van der Waals surface area contributed by atoms with Gasteiger partial charge in [0.2, 0.25) is 0 Å². The largest absolute Gasteiger partial charge is 0.457 e. The number of nitrogens with one attached hydrogen (secondary N) is 3. The molecule has 6 nitrogen and oxygen atoms in total. The third-order valence-corrected chi connectivity index (χ3v) is 4.82. The Hall–Kier alpha value is -2.99. The summed E-state index contributed by atoms with van der Waals surface area (Å²) >= 11 is 0. The molecular weight excluding hydrogens is 338 g/mol. The van der Waals surface area contributed by atoms with E-state index in [2.05, 4.69) is 14.9 Å². The summed E-state index contributed by atoms with van der Waals surface area (Å²) in [6, 6.07) is 13.3. The van der Waals surface area contributed by atoms with Crippen LogP contribution in [-0.2, 0) is 6.54 Å². The molecule has 0 radical (unpaired) electrons. The molecule has 0 bridgehead atoms. The number of nitrogens with zero attached hydrogens (tertiary/aromatic N) is 2. The van der Waals surface area contributed by atoms with E-state index < -0.39 is 0 Å². The van der Waals surface area contributed by atoms with Crippen molar-refractivity contribution in [2.24, 2.45) is 0 Å². The van der Waals surface area contributed by atoms with E-state index in [1.54, 1.807) is 0 Å². The Morgan fingerprint density at radius 1 is 1.11 bits per heavy atom. The standard InChI is InChI=1S/C21H23N5O/c22-10-9-18(23)15-3-5-16(6-4-15)27-17-7-8-19-20(13-17)25-21(24-19)14-26-11-1-2-12-26/h3-8,10,13,22-23H,1-2,9,11-12,14H2,(H,24,25). The second-order valence-corrected chi connectivity index (χ2v) is 6.86. The third-order valence-electron chi connectivity index (χ3n) is 4.82. The number of aromatic nitrogens is 2. The fourth-order valence-corrected chi connectivity index (χ4v) is 3.41. The maximum atomic E-state index is 7.89. The lowest BCUT2D eigenvalue weighted by Gasteiger charge is -2.11. The van der Waals surface area contributed by atoms with Gasteiger partial charge in [-0.2, -0.15) is 0 Å². The summed E-state index contributed by atoms with van der Waals surface area (Å²) in [4.78, 5) is 10.5. The lowest BCUT2D eigenvalue weighted by molar-refractivity contribution is 0.324. The van der Waals surface area contributed by atoms with Crippen LogP contribution < -0.4 is 4.74 Å². The summed E-state index contributed by atoms with van der Waals surface area (Å²) in [5.74, 6) is 2.47. The average Bonchev–Trinajstić information content (AvgIpc) is 3.31. The zero-order valence-corrected chi connectivity index (χ0v) is 15.2. The fraction of sp³-hybridized carbons (Fsp3) is 0.286. The normalized spacial score (nSPS) is 14.5. The molecule has 0 unspecified atom stereocenters. The van der Waals surface area contributed by atoms with Crippen LogP contribution in [0, 0.1) is 10.8 Å². The van der Waals surface area contributed by atoms with Gasteiger partial charge in [-0.15, -0.1) is 0 Å². The van der Waals surface area contributed by atoms with E-state index in [4.69, 9.17) is 15.6 Å². The maximum Gasteiger partial charge on any atom is 0.129 e. The van der Waals surface area contributed by atoms with Gasteiger partial charge < -0.3 is 20.5 Å². The lowest BCUT2D eigenvalue weighted by Crippen LogP contribution is -2.19. The minimum atomic E-state index is 0.344. The first-order chi connectivity index (χ1) is 13.2. The summed E-state index contributed by atoms with van der Waals surface area (Å²) in [7, 11) is 0. The predicted octanol–water partition coefficient (Wildman–Crippen LogP) is 4.36. The van der Waals surface area contributed by atoms with Gasteiger partial charge >= 0.3 is 0 Å². The van der Waals surface area contributed by atoms with Crippen molar-refractivity contribution in [2.45, 2.75) is 25.8 Å². The Morgan fingerprint density at radius 3 is 2.59 bits per heavy atom. The number of hydrogen-bond donors (Lipinski definition) is 3. The molecule has 4 rings (SSSR count). The summed E-state index contributed by atoms with van der Waals surface area (Å²) < 4.78 is 5.95. The van der Waals surface area contributed by atoms with E-state index in [-0.39, 0.29) is 0 Å². The molecule has 2 aromatic carbocycles. The van der Waals surface area contributed by atoms with Crippen LogP contribution in [0.3, 0.4) is 0 Å². The van der Waals surface area contributed by atoms with Gasteiger partial charge in [-0.25, -0.2) is 4.98 Å². The molecule has 3 aromatic rings. The SMILES string of the molecule is N=CCC(=N)c1ccc(Oc2ccc3nc(CN4CCCC4)[nH]c3c2)cc1. The van der Waals surface area contributed by atoms with Crippen LogP contribution in [0.4, 0.5) is 0 Å². The van der Waals surface area contributed by atoms with Crippen LogP contribution in [0.1, 0.15) is 30.7 Å². The predicted molar refractivity (Wildman–Crippen MR) is 107 cm³/mol. The van der Waals surface area contributed by atoms with E-state index >= 15 is 0 Å². The van der Waals surface area contributed by atoms with E-state index in [9.17, 15) is 0 Å². The molecule has 1 aliphatic rings. The van der Waals surface area contributed by atoms with Gasteiger partial charge in [0.25, 0.3) is 0 Å². The Morgan fingerprint density at radius 2 is 1.85 bits per heavy atom. The molecule has 0 spiro atoms. The Labute approximate surface area is 158 Å². The van der Waals surface area contributed by atoms with Crippen LogP contribution in [-0.4, -0.2) is 39.9 Å². The van der Waals surface area contributed by atoms with Crippen molar-refractivity contribution in [1.29, 1.82) is 10.8 Å². The number of benzene rings is 2. The molecule has 0 atom stereocenters. The number of fused-ring (bicyclic) bond motifs is 1. The summed E-state index contributed by atoms with van der Waals surface area (Å²) in [6.07, 6.45) is 4.14. The summed E-state index contributed by atoms with van der Waals surface area (Å²) in [5.41, 5.74) is 3.17. The van der Waals surface area contributed by atoms with Crippen LogP contribution in [0.5, 0.6) is 11.5 Å². The van der Waals surface area contributed by atoms with Gasteiger partial charge in [-0.3, -0.25) is 4.90 Å². The van der Waals surface area contributed by atoms with Crippen molar-refractivity contribution in [3.05, 3.63) is 53.9 Å². The molecule has 1 saturated heterocycles. The molecule has 2 heterocycles. The number of aromatic amines is 1. The second-order valence-electron chi connectivity index (χ2n) is 6.86. The molecule has 0 saturated carbocycles. The van der Waals surface area contributed by atoms with Crippen LogP contribution in [0.2, 0.25) is 0 Å². The Balaban J connectivity index is 1.47. The zero-order chi connectivity index (χ0) is 18.6. The molecule has 6 heteroatoms. The number of imidazole rings is 1. The minimum absolute atomic E-state index is 0.344.